The third kappa shape index (κ3) is 4.11. The number of rotatable bonds is 6. The smallest absolute Gasteiger partial charge is 0.227 e. The van der Waals surface area contributed by atoms with Crippen LogP contribution in [0.25, 0.3) is 11.0 Å². The number of fused-ring (bicyclic) bond motifs is 1. The number of carbonyl (C=O) groups excluding carboxylic acids is 1. The molecule has 1 aliphatic rings. The lowest BCUT2D eigenvalue weighted by Crippen LogP contribution is -2.24. The fourth-order valence-corrected chi connectivity index (χ4v) is 4.69. The number of carbonyl (C=O) groups is 1. The Balaban J connectivity index is 1.41. The van der Waals surface area contributed by atoms with Crippen LogP contribution >= 0.6 is 0 Å². The molecule has 1 aromatic heterocycles. The maximum atomic E-state index is 12.9. The summed E-state index contributed by atoms with van der Waals surface area (Å²) in [6, 6.07) is 22.5. The van der Waals surface area contributed by atoms with Gasteiger partial charge in [-0.1, -0.05) is 36.4 Å². The van der Waals surface area contributed by atoms with Crippen molar-refractivity contribution in [1.82, 2.24) is 9.55 Å². The molecule has 0 aliphatic carbocycles. The Morgan fingerprint density at radius 1 is 1.00 bits per heavy atom. The number of hydrogen-bond donors (Lipinski definition) is 0. The summed E-state index contributed by atoms with van der Waals surface area (Å²) in [6.07, 6.45) is 0.467. The number of ether oxygens (including phenoxy) is 1. The number of aryl methyl sites for hydroxylation is 2. The van der Waals surface area contributed by atoms with E-state index in [2.05, 4.69) is 49.6 Å². The Hall–Kier alpha value is -3.60. The second-order valence-corrected chi connectivity index (χ2v) is 8.90. The third-order valence-corrected chi connectivity index (χ3v) is 6.61. The average Bonchev–Trinajstić information content (AvgIpc) is 3.37. The van der Waals surface area contributed by atoms with Crippen molar-refractivity contribution in [3.8, 4) is 5.75 Å². The number of hydrogen-bond acceptors (Lipinski definition) is 3. The molecular weight excluding hydrogens is 410 g/mol. The number of anilines is 1. The zero-order chi connectivity index (χ0) is 22.9. The first-order valence-electron chi connectivity index (χ1n) is 11.5. The molecule has 33 heavy (non-hydrogen) atoms. The quantitative estimate of drug-likeness (QED) is 0.395. The number of aromatic nitrogens is 2. The van der Waals surface area contributed by atoms with Crippen molar-refractivity contribution in [3.05, 3.63) is 89.2 Å². The highest BCUT2D eigenvalue weighted by molar-refractivity contribution is 5.96. The molecule has 5 nitrogen and oxygen atoms in total. The summed E-state index contributed by atoms with van der Waals surface area (Å²) in [6.45, 7) is 8.10. The second-order valence-electron chi connectivity index (χ2n) is 8.90. The fraction of sp³-hybridized carbons (Fsp3) is 0.286. The Morgan fingerprint density at radius 3 is 2.67 bits per heavy atom. The summed E-state index contributed by atoms with van der Waals surface area (Å²) < 4.78 is 8.39. The molecule has 0 spiro atoms. The van der Waals surface area contributed by atoms with E-state index in [0.717, 1.165) is 33.9 Å². The highest BCUT2D eigenvalue weighted by Crippen LogP contribution is 2.33. The van der Waals surface area contributed by atoms with Crippen LogP contribution in [0.1, 0.15) is 34.9 Å². The molecule has 5 rings (SSSR count). The van der Waals surface area contributed by atoms with E-state index in [1.165, 1.54) is 11.1 Å². The molecule has 0 N–H and O–H groups in total. The SMILES string of the molecule is Cc1cccc(N2CC(c3nc4ccccc4n3CCOc3cccc(C)c3C)CC2=O)c1. The van der Waals surface area contributed by atoms with Gasteiger partial charge in [-0.15, -0.1) is 0 Å². The normalized spacial score (nSPS) is 16.0. The molecule has 2 heterocycles. The highest BCUT2D eigenvalue weighted by atomic mass is 16.5. The van der Waals surface area contributed by atoms with Gasteiger partial charge in [0.1, 0.15) is 18.2 Å². The van der Waals surface area contributed by atoms with Gasteiger partial charge in [-0.05, 0) is 67.8 Å². The van der Waals surface area contributed by atoms with E-state index < -0.39 is 0 Å². The molecule has 0 saturated carbocycles. The monoisotopic (exact) mass is 439 g/mol. The van der Waals surface area contributed by atoms with Crippen LogP contribution in [0.4, 0.5) is 5.69 Å². The Morgan fingerprint density at radius 2 is 1.82 bits per heavy atom. The van der Waals surface area contributed by atoms with Crippen molar-refractivity contribution >= 4 is 22.6 Å². The summed E-state index contributed by atoms with van der Waals surface area (Å²) in [5, 5.41) is 0. The Labute approximate surface area is 194 Å². The molecule has 1 aliphatic heterocycles. The van der Waals surface area contributed by atoms with Gasteiger partial charge in [0.05, 0.1) is 17.6 Å². The first-order chi connectivity index (χ1) is 16.0. The summed E-state index contributed by atoms with van der Waals surface area (Å²) >= 11 is 0. The van der Waals surface area contributed by atoms with Gasteiger partial charge in [0, 0.05) is 24.6 Å². The Kier molecular flexibility index (Phi) is 5.63. The molecule has 168 valence electrons. The van der Waals surface area contributed by atoms with Crippen LogP contribution < -0.4 is 9.64 Å². The van der Waals surface area contributed by atoms with Gasteiger partial charge in [-0.25, -0.2) is 4.98 Å². The van der Waals surface area contributed by atoms with E-state index >= 15 is 0 Å². The predicted octanol–water partition coefficient (Wildman–Crippen LogP) is 5.56. The van der Waals surface area contributed by atoms with Gasteiger partial charge < -0.3 is 14.2 Å². The number of imidazole rings is 1. The summed E-state index contributed by atoms with van der Waals surface area (Å²) in [5.74, 6) is 2.08. The van der Waals surface area contributed by atoms with Crippen molar-refractivity contribution < 1.29 is 9.53 Å². The first kappa shape index (κ1) is 21.3. The number of para-hydroxylation sites is 2. The van der Waals surface area contributed by atoms with Crippen molar-refractivity contribution in [3.63, 3.8) is 0 Å². The minimum Gasteiger partial charge on any atom is -0.491 e. The number of benzene rings is 3. The minimum absolute atomic E-state index is 0.0473. The van der Waals surface area contributed by atoms with E-state index in [-0.39, 0.29) is 11.8 Å². The zero-order valence-electron chi connectivity index (χ0n) is 19.4. The molecule has 0 bridgehead atoms. The summed E-state index contributed by atoms with van der Waals surface area (Å²) in [7, 11) is 0. The van der Waals surface area contributed by atoms with E-state index in [1.807, 2.05) is 47.4 Å². The van der Waals surface area contributed by atoms with Crippen molar-refractivity contribution in [2.24, 2.45) is 0 Å². The van der Waals surface area contributed by atoms with Crippen LogP contribution in [0.3, 0.4) is 0 Å². The van der Waals surface area contributed by atoms with Crippen LogP contribution in [0.2, 0.25) is 0 Å². The average molecular weight is 440 g/mol. The molecule has 0 radical (unpaired) electrons. The molecule has 1 amide bonds. The van der Waals surface area contributed by atoms with Crippen LogP contribution in [0.5, 0.6) is 5.75 Å². The van der Waals surface area contributed by atoms with Crippen LogP contribution in [0, 0.1) is 20.8 Å². The van der Waals surface area contributed by atoms with Gasteiger partial charge in [0.25, 0.3) is 0 Å². The summed E-state index contributed by atoms with van der Waals surface area (Å²) in [5.41, 5.74) is 6.55. The first-order valence-corrected chi connectivity index (χ1v) is 11.5. The zero-order valence-corrected chi connectivity index (χ0v) is 19.4. The van der Waals surface area contributed by atoms with Gasteiger partial charge in [-0.3, -0.25) is 4.79 Å². The minimum atomic E-state index is 0.0473. The largest absolute Gasteiger partial charge is 0.491 e. The lowest BCUT2D eigenvalue weighted by Gasteiger charge is -2.18. The number of amides is 1. The topological polar surface area (TPSA) is 47.4 Å². The third-order valence-electron chi connectivity index (χ3n) is 6.61. The van der Waals surface area contributed by atoms with Crippen molar-refractivity contribution in [1.29, 1.82) is 0 Å². The van der Waals surface area contributed by atoms with Gasteiger partial charge >= 0.3 is 0 Å². The molecule has 1 saturated heterocycles. The standard InChI is InChI=1S/C28H29N3O2/c1-19-8-6-10-23(16-19)31-18-22(17-27(31)32)28-29-24-11-4-5-12-25(24)30(28)14-15-33-26-13-7-9-20(2)21(26)3/h4-13,16,22H,14-15,17-18H2,1-3H3. The lowest BCUT2D eigenvalue weighted by molar-refractivity contribution is -0.117. The van der Waals surface area contributed by atoms with Crippen molar-refractivity contribution in [2.45, 2.75) is 39.7 Å². The van der Waals surface area contributed by atoms with Crippen LogP contribution in [-0.4, -0.2) is 28.6 Å². The molecule has 3 aromatic carbocycles. The maximum Gasteiger partial charge on any atom is 0.227 e. The van der Waals surface area contributed by atoms with E-state index in [9.17, 15) is 4.79 Å². The second kappa shape index (κ2) is 8.74. The molecule has 4 aromatic rings. The van der Waals surface area contributed by atoms with E-state index in [1.54, 1.807) is 0 Å². The Bertz CT molecular complexity index is 1320. The lowest BCUT2D eigenvalue weighted by atomic mass is 10.1. The predicted molar refractivity (Wildman–Crippen MR) is 132 cm³/mol. The van der Waals surface area contributed by atoms with Crippen LogP contribution in [0.15, 0.2) is 66.7 Å². The molecular formula is C28H29N3O2. The summed E-state index contributed by atoms with van der Waals surface area (Å²) in [4.78, 5) is 19.8. The fourth-order valence-electron chi connectivity index (χ4n) is 4.69. The molecule has 1 atom stereocenters. The molecule has 1 fully saturated rings. The molecule has 5 heteroatoms. The van der Waals surface area contributed by atoms with Crippen LogP contribution in [-0.2, 0) is 11.3 Å². The van der Waals surface area contributed by atoms with E-state index in [4.69, 9.17) is 9.72 Å². The van der Waals surface area contributed by atoms with Crippen molar-refractivity contribution in [2.75, 3.05) is 18.1 Å². The maximum absolute atomic E-state index is 12.9. The molecule has 1 unspecified atom stereocenters. The van der Waals surface area contributed by atoms with Gasteiger partial charge in [0.2, 0.25) is 5.91 Å². The highest BCUT2D eigenvalue weighted by Gasteiger charge is 2.34. The van der Waals surface area contributed by atoms with Gasteiger partial charge in [-0.2, -0.15) is 0 Å². The number of nitrogens with zero attached hydrogens (tertiary/aromatic N) is 3. The van der Waals surface area contributed by atoms with E-state index in [0.29, 0.717) is 26.1 Å². The van der Waals surface area contributed by atoms with Gasteiger partial charge in [0.15, 0.2) is 0 Å².